The molecule has 30 heteroatoms. The fourth-order valence-corrected chi connectivity index (χ4v) is 13.6. The number of aromatic nitrogens is 20. The van der Waals surface area contributed by atoms with Gasteiger partial charge in [0, 0.05) is 24.8 Å². The van der Waals surface area contributed by atoms with Crippen molar-refractivity contribution in [1.29, 1.82) is 0 Å². The van der Waals surface area contributed by atoms with Crippen LogP contribution in [0.25, 0.3) is 68.3 Å². The van der Waals surface area contributed by atoms with Crippen LogP contribution >= 0.6 is 0 Å². The third-order valence-electron chi connectivity index (χ3n) is 20.7. The van der Waals surface area contributed by atoms with E-state index >= 15 is 0 Å². The first-order valence-electron chi connectivity index (χ1n) is 40.3. The van der Waals surface area contributed by atoms with Gasteiger partial charge in [0.2, 0.25) is 0 Å². The van der Waals surface area contributed by atoms with Gasteiger partial charge in [0.25, 0.3) is 0 Å². The summed E-state index contributed by atoms with van der Waals surface area (Å²) in [6.07, 6.45) is 14.4. The van der Waals surface area contributed by atoms with E-state index in [4.69, 9.17) is 0 Å². The number of rotatable bonds is 24. The SMILES string of the molecule is Cc1ccc([C@H](C)Nc2nnc(-c3ccc(-n4cnc(C)c4)c(CO)n3)cc2C)cc1.Cc1cn(-c2ccc(-c3cc(C)c(N[C@@H](C)c4ccc(C)c(F)c4)nn3)nc2CO)cn1.Cc1cn(-c2ccc(-c3cc(C)c(N[C@@H](C)c4cccc(F)c4)nn3)nc2CO)cn1.Cc1cn(-c2ccc(-c3cc(C)c(N[C@@H](C)c4ccccc4)nn3)nc2CO)cn1. The molecule has 8 N–H and O–H groups in total. The molecule has 0 aliphatic rings. The molecule has 0 fully saturated rings. The summed E-state index contributed by atoms with van der Waals surface area (Å²) >= 11 is 0. The summed E-state index contributed by atoms with van der Waals surface area (Å²) in [5.74, 6) is 2.22. The summed E-state index contributed by atoms with van der Waals surface area (Å²) < 4.78 is 34.8. The third kappa shape index (κ3) is 21.5. The quantitative estimate of drug-likeness (QED) is 0.0278. The van der Waals surface area contributed by atoms with Gasteiger partial charge in [-0.15, -0.1) is 40.8 Å². The molecule has 0 radical (unpaired) electrons. The lowest BCUT2D eigenvalue weighted by atomic mass is 10.1. The number of benzene rings is 4. The number of imidazole rings is 4. The van der Waals surface area contributed by atoms with Crippen molar-refractivity contribution in [3.8, 4) is 68.3 Å². The molecule has 16 rings (SSSR count). The van der Waals surface area contributed by atoms with Crippen LogP contribution in [0.5, 0.6) is 0 Å². The number of aryl methyl sites for hydroxylation is 10. The Labute approximate surface area is 717 Å². The molecule has 0 aliphatic heterocycles. The van der Waals surface area contributed by atoms with Crippen LogP contribution in [0.4, 0.5) is 32.1 Å². The van der Waals surface area contributed by atoms with Gasteiger partial charge in [0.05, 0.1) is 167 Å². The Morgan fingerprint density at radius 3 is 0.863 bits per heavy atom. The monoisotopic (exact) mass is 1660 g/mol. The molecule has 4 atom stereocenters. The smallest absolute Gasteiger partial charge is 0.152 e. The minimum Gasteiger partial charge on any atom is -0.390 e. The normalized spacial score (nSPS) is 12.0. The maximum atomic E-state index is 13.9. The van der Waals surface area contributed by atoms with Crippen LogP contribution in [0.3, 0.4) is 0 Å². The van der Waals surface area contributed by atoms with Gasteiger partial charge in [-0.05, 0) is 238 Å². The van der Waals surface area contributed by atoms with Crippen molar-refractivity contribution in [2.75, 3.05) is 21.3 Å². The molecule has 0 aliphatic carbocycles. The Hall–Kier alpha value is -14.5. The minimum atomic E-state index is -0.274. The van der Waals surface area contributed by atoms with Crippen molar-refractivity contribution in [2.45, 2.75) is 148 Å². The minimum absolute atomic E-state index is 0.108. The fourth-order valence-electron chi connectivity index (χ4n) is 13.6. The van der Waals surface area contributed by atoms with Crippen molar-refractivity contribution in [1.82, 2.24) is 98.9 Å². The highest BCUT2D eigenvalue weighted by Crippen LogP contribution is 2.32. The van der Waals surface area contributed by atoms with Crippen molar-refractivity contribution < 1.29 is 29.2 Å². The molecule has 0 unspecified atom stereocenters. The van der Waals surface area contributed by atoms with Crippen LogP contribution in [-0.4, -0.2) is 119 Å². The lowest BCUT2D eigenvalue weighted by Crippen LogP contribution is -2.11. The molecule has 0 bridgehead atoms. The second kappa shape index (κ2) is 39.8. The molecule has 12 aromatic heterocycles. The van der Waals surface area contributed by atoms with Crippen molar-refractivity contribution in [2.24, 2.45) is 0 Å². The molecular weight excluding hydrogens is 1570 g/mol. The molecule has 124 heavy (non-hydrogen) atoms. The molecular formula is C94H98F2N24O4. The molecule has 0 saturated heterocycles. The highest BCUT2D eigenvalue weighted by atomic mass is 19.1. The average molecular weight is 1670 g/mol. The second-order valence-electron chi connectivity index (χ2n) is 30.4. The van der Waals surface area contributed by atoms with Crippen molar-refractivity contribution in [3.05, 3.63) is 333 Å². The number of aliphatic hydroxyl groups is 4. The van der Waals surface area contributed by atoms with E-state index in [0.717, 1.165) is 90.5 Å². The lowest BCUT2D eigenvalue weighted by molar-refractivity contribution is 0.276. The van der Waals surface area contributed by atoms with E-state index in [-0.39, 0.29) is 62.2 Å². The molecule has 0 amide bonds. The van der Waals surface area contributed by atoms with Gasteiger partial charge in [-0.2, -0.15) is 0 Å². The van der Waals surface area contributed by atoms with Crippen LogP contribution in [-0.2, 0) is 26.4 Å². The predicted octanol–water partition coefficient (Wildman–Crippen LogP) is 16.9. The zero-order valence-electron chi connectivity index (χ0n) is 71.4. The molecule has 12 heterocycles. The Balaban J connectivity index is 0.000000142. The summed E-state index contributed by atoms with van der Waals surface area (Å²) in [6.45, 7) is 26.6. The van der Waals surface area contributed by atoms with E-state index in [0.29, 0.717) is 85.5 Å². The van der Waals surface area contributed by atoms with E-state index in [1.54, 1.807) is 44.4 Å². The van der Waals surface area contributed by atoms with Crippen LogP contribution < -0.4 is 21.3 Å². The van der Waals surface area contributed by atoms with E-state index in [2.05, 4.69) is 159 Å². The summed E-state index contributed by atoms with van der Waals surface area (Å²) in [5.41, 5.74) is 23.5. The summed E-state index contributed by atoms with van der Waals surface area (Å²) in [7, 11) is 0. The zero-order chi connectivity index (χ0) is 87.8. The largest absolute Gasteiger partial charge is 0.390 e. The van der Waals surface area contributed by atoms with Gasteiger partial charge >= 0.3 is 0 Å². The van der Waals surface area contributed by atoms with Crippen LogP contribution in [0.15, 0.2) is 220 Å². The Morgan fingerprint density at radius 2 is 0.581 bits per heavy atom. The molecule has 16 aromatic rings. The van der Waals surface area contributed by atoms with E-state index in [1.807, 2.05) is 215 Å². The topological polar surface area (TPSA) is 355 Å². The first-order valence-corrected chi connectivity index (χ1v) is 40.3. The van der Waals surface area contributed by atoms with E-state index in [1.165, 1.54) is 34.9 Å². The van der Waals surface area contributed by atoms with Crippen LogP contribution in [0, 0.1) is 80.9 Å². The number of hydrogen-bond donors (Lipinski definition) is 8. The Bertz CT molecular complexity index is 6370. The summed E-state index contributed by atoms with van der Waals surface area (Å²) in [5, 5.41) is 87.5. The number of aliphatic hydroxyl groups excluding tert-OH is 4. The highest BCUT2D eigenvalue weighted by molar-refractivity contribution is 5.65. The number of halogens is 2. The van der Waals surface area contributed by atoms with Crippen molar-refractivity contribution >= 4 is 23.3 Å². The van der Waals surface area contributed by atoms with Crippen LogP contribution in [0.2, 0.25) is 0 Å². The molecule has 4 aromatic carbocycles. The van der Waals surface area contributed by atoms with E-state index in [9.17, 15) is 29.2 Å². The maximum absolute atomic E-state index is 13.9. The number of anilines is 4. The highest BCUT2D eigenvalue weighted by Gasteiger charge is 2.21. The van der Waals surface area contributed by atoms with Gasteiger partial charge in [0.1, 0.15) is 34.4 Å². The molecule has 0 saturated carbocycles. The lowest BCUT2D eigenvalue weighted by Gasteiger charge is -2.17. The number of nitrogens with zero attached hydrogens (tertiary/aromatic N) is 20. The molecule has 28 nitrogen and oxygen atoms in total. The standard InChI is InChI=1S/C24H25FN6O.C24H26N6O.C23H23FN6O.C23H24N6O/c1-14-5-6-18(10-19(14)25)17(4)27-24-15(2)9-21(29-30-24)20-7-8-23(22(12-32)28-20)31-11-16(3)26-13-31;1-15-5-7-19(8-6-15)18(4)26-24-16(2)11-21(28-29-24)20-9-10-23(22(13-31)27-20)30-12-17(3)25-14-30;1-14-9-20(28-29-23(14)26-16(3)17-5-4-6-18(24)10-17)19-7-8-22(21(12-31)27-19)30-11-15(2)25-13-30;1-15-11-20(27-28-23(15)25-17(3)18-7-5-4-6-8-18)19-9-10-22(21(13-30)26-19)29-12-16(2)24-14-29/h5-11,13,17,32H,12H2,1-4H3,(H,27,30);5-12,14,18,31H,13H2,1-4H3,(H,26,29);4-11,13,16,31H,12H2,1-3H3,(H,26,29);4-12,14,17,30H,13H2,1-3H3,(H,25,28)/t17-;18-;16-;17-/m0000/s1. The summed E-state index contributed by atoms with van der Waals surface area (Å²) in [6, 6.07) is 53.0. The van der Waals surface area contributed by atoms with Gasteiger partial charge in [-0.3, -0.25) is 0 Å². The Kier molecular flexibility index (Phi) is 28.1. The third-order valence-corrected chi connectivity index (χ3v) is 20.7. The van der Waals surface area contributed by atoms with E-state index < -0.39 is 0 Å². The average Bonchev–Trinajstić information content (AvgIpc) is 1.45. The number of hydrogen-bond acceptors (Lipinski definition) is 24. The predicted molar refractivity (Wildman–Crippen MR) is 474 cm³/mol. The first-order chi connectivity index (χ1) is 59.8. The number of pyridine rings is 4. The molecule has 0 spiro atoms. The van der Waals surface area contributed by atoms with Crippen LogP contribution in [0.1, 0.15) is 153 Å². The first kappa shape index (κ1) is 87.4. The van der Waals surface area contributed by atoms with Gasteiger partial charge in [-0.25, -0.2) is 48.7 Å². The Morgan fingerprint density at radius 1 is 0.290 bits per heavy atom. The maximum Gasteiger partial charge on any atom is 0.152 e. The fraction of sp³-hybridized carbons (Fsp3) is 0.234. The van der Waals surface area contributed by atoms with Crippen molar-refractivity contribution in [3.63, 3.8) is 0 Å². The summed E-state index contributed by atoms with van der Waals surface area (Å²) in [4.78, 5) is 35.3. The van der Waals surface area contributed by atoms with Gasteiger partial charge in [-0.1, -0.05) is 84.4 Å². The second-order valence-corrected chi connectivity index (χ2v) is 30.4. The van der Waals surface area contributed by atoms with Gasteiger partial charge < -0.3 is 60.0 Å². The zero-order valence-corrected chi connectivity index (χ0v) is 71.4. The number of nitrogens with one attached hydrogen (secondary N) is 4. The molecule has 632 valence electrons. The van der Waals surface area contributed by atoms with Gasteiger partial charge in [0.15, 0.2) is 23.3 Å².